The Morgan fingerprint density at radius 2 is 1.96 bits per heavy atom. The van der Waals surface area contributed by atoms with E-state index in [9.17, 15) is 19.5 Å². The highest BCUT2D eigenvalue weighted by atomic mass is 16.5. The molecule has 0 unspecified atom stereocenters. The first-order valence-corrected chi connectivity index (χ1v) is 8.15. The van der Waals surface area contributed by atoms with E-state index in [0.29, 0.717) is 28.1 Å². The first-order valence-electron chi connectivity index (χ1n) is 8.15. The average molecular weight is 358 g/mol. The van der Waals surface area contributed by atoms with Crippen LogP contribution in [0.15, 0.2) is 24.3 Å². The Morgan fingerprint density at radius 1 is 1.27 bits per heavy atom. The molecule has 26 heavy (non-hydrogen) atoms. The molecule has 0 aliphatic rings. The molecule has 7 nitrogen and oxygen atoms in total. The highest BCUT2D eigenvalue weighted by Crippen LogP contribution is 2.24. The minimum atomic E-state index is -0.718. The predicted molar refractivity (Wildman–Crippen MR) is 96.3 cm³/mol. The van der Waals surface area contributed by atoms with E-state index in [1.807, 2.05) is 0 Å². The van der Waals surface area contributed by atoms with Crippen molar-refractivity contribution in [3.8, 4) is 0 Å². The molecule has 138 valence electrons. The summed E-state index contributed by atoms with van der Waals surface area (Å²) < 4.78 is 5.04. The van der Waals surface area contributed by atoms with E-state index in [0.717, 1.165) is 0 Å². The van der Waals surface area contributed by atoms with Crippen molar-refractivity contribution in [3.05, 3.63) is 52.3 Å². The topological polar surface area (TPSA) is 108 Å². The zero-order valence-corrected chi connectivity index (χ0v) is 15.2. The number of carbonyl (C=O) groups is 3. The number of rotatable bonds is 6. The van der Waals surface area contributed by atoms with Crippen molar-refractivity contribution in [2.75, 3.05) is 11.9 Å². The molecule has 1 aromatic heterocycles. The first-order chi connectivity index (χ1) is 12.2. The maximum atomic E-state index is 12.2. The molecule has 2 aromatic rings. The summed E-state index contributed by atoms with van der Waals surface area (Å²) in [6, 6.07) is 6.49. The third-order valence-electron chi connectivity index (χ3n) is 4.00. The lowest BCUT2D eigenvalue weighted by Gasteiger charge is -2.08. The molecule has 7 heteroatoms. The van der Waals surface area contributed by atoms with E-state index in [1.54, 1.807) is 45.0 Å². The van der Waals surface area contributed by atoms with Crippen LogP contribution in [-0.2, 0) is 9.53 Å². The molecule has 0 aliphatic heterocycles. The van der Waals surface area contributed by atoms with Crippen LogP contribution in [-0.4, -0.2) is 34.4 Å². The van der Waals surface area contributed by atoms with Crippen molar-refractivity contribution in [1.82, 2.24) is 4.98 Å². The highest BCUT2D eigenvalue weighted by Gasteiger charge is 2.21. The van der Waals surface area contributed by atoms with Crippen LogP contribution < -0.4 is 5.32 Å². The highest BCUT2D eigenvalue weighted by molar-refractivity contribution is 5.98. The fourth-order valence-corrected chi connectivity index (χ4v) is 2.81. The lowest BCUT2D eigenvalue weighted by molar-refractivity contribution is -0.119. The predicted octanol–water partition coefficient (Wildman–Crippen LogP) is 2.68. The number of ketones is 1. The number of hydrogen-bond acceptors (Lipinski definition) is 5. The van der Waals surface area contributed by atoms with E-state index < -0.39 is 24.6 Å². The van der Waals surface area contributed by atoms with Gasteiger partial charge >= 0.3 is 5.97 Å². The second kappa shape index (κ2) is 7.97. The Labute approximate surface area is 151 Å². The average Bonchev–Trinajstić information content (AvgIpc) is 2.87. The molecule has 0 aliphatic carbocycles. The number of amides is 1. The number of aliphatic hydroxyl groups excluding tert-OH is 1. The van der Waals surface area contributed by atoms with Gasteiger partial charge in [-0.3, -0.25) is 9.59 Å². The number of esters is 1. The largest absolute Gasteiger partial charge is 0.451 e. The monoisotopic (exact) mass is 358 g/mol. The molecule has 1 aromatic carbocycles. The van der Waals surface area contributed by atoms with Gasteiger partial charge in [-0.05, 0) is 45.4 Å². The van der Waals surface area contributed by atoms with Gasteiger partial charge in [-0.15, -0.1) is 0 Å². The summed E-state index contributed by atoms with van der Waals surface area (Å²) in [5, 5.41) is 12.3. The molecular weight excluding hydrogens is 336 g/mol. The fraction of sp³-hybridized carbons (Fsp3) is 0.316. The van der Waals surface area contributed by atoms with E-state index in [2.05, 4.69) is 10.3 Å². The Kier molecular flexibility index (Phi) is 5.94. The Hall–Kier alpha value is -2.93. The van der Waals surface area contributed by atoms with Gasteiger partial charge in [-0.1, -0.05) is 12.1 Å². The van der Waals surface area contributed by atoms with E-state index >= 15 is 0 Å². The minimum absolute atomic E-state index is 0.112. The van der Waals surface area contributed by atoms with Crippen molar-refractivity contribution < 1.29 is 24.2 Å². The number of aromatic amines is 1. The molecule has 0 bridgehead atoms. The van der Waals surface area contributed by atoms with Gasteiger partial charge in [0.15, 0.2) is 12.4 Å². The van der Waals surface area contributed by atoms with Gasteiger partial charge in [0.2, 0.25) is 0 Å². The second-order valence-corrected chi connectivity index (χ2v) is 6.10. The normalized spacial score (nSPS) is 11.7. The number of aliphatic hydroxyl groups is 1. The maximum Gasteiger partial charge on any atom is 0.355 e. The molecule has 1 amide bonds. The van der Waals surface area contributed by atoms with Gasteiger partial charge in [0.05, 0.1) is 6.10 Å². The molecule has 0 saturated carbocycles. The van der Waals surface area contributed by atoms with Gasteiger partial charge in [0.1, 0.15) is 5.69 Å². The molecule has 1 atom stereocenters. The number of H-pyrrole nitrogens is 1. The molecular formula is C19H22N2O5. The van der Waals surface area contributed by atoms with Crippen LogP contribution in [0.4, 0.5) is 5.69 Å². The number of nitrogens with one attached hydrogen (secondary N) is 2. The summed E-state index contributed by atoms with van der Waals surface area (Å²) in [5.41, 5.74) is 3.05. The molecule has 0 saturated heterocycles. The van der Waals surface area contributed by atoms with Crippen molar-refractivity contribution in [1.29, 1.82) is 0 Å². The van der Waals surface area contributed by atoms with Crippen molar-refractivity contribution in [2.24, 2.45) is 0 Å². The van der Waals surface area contributed by atoms with Crippen LogP contribution in [0.3, 0.4) is 0 Å². The number of anilines is 1. The zero-order chi connectivity index (χ0) is 19.4. The second-order valence-electron chi connectivity index (χ2n) is 6.10. The lowest BCUT2D eigenvalue weighted by atomic mass is 10.1. The smallest absolute Gasteiger partial charge is 0.355 e. The number of carbonyl (C=O) groups excluding carboxylic acids is 3. The van der Waals surface area contributed by atoms with Gasteiger partial charge < -0.3 is 20.1 Å². The summed E-state index contributed by atoms with van der Waals surface area (Å²) in [5.74, 6) is -1.31. The molecule has 0 spiro atoms. The summed E-state index contributed by atoms with van der Waals surface area (Å²) in [4.78, 5) is 38.4. The molecule has 1 heterocycles. The summed E-state index contributed by atoms with van der Waals surface area (Å²) in [7, 11) is 0. The van der Waals surface area contributed by atoms with Crippen molar-refractivity contribution >= 4 is 23.3 Å². The van der Waals surface area contributed by atoms with Crippen LogP contribution >= 0.6 is 0 Å². The molecule has 3 N–H and O–H groups in total. The van der Waals surface area contributed by atoms with Gasteiger partial charge in [0.25, 0.3) is 5.91 Å². The number of ether oxygens (including phenoxy) is 1. The summed E-state index contributed by atoms with van der Waals surface area (Å²) in [6.07, 6.45) is -0.718. The first kappa shape index (κ1) is 19.4. The fourth-order valence-electron chi connectivity index (χ4n) is 2.81. The SMILES string of the molecule is CC(=O)c1cccc(NC(=O)COC(=O)c2[nH]c(C)c([C@H](C)O)c2C)c1. The Balaban J connectivity index is 1.99. The van der Waals surface area contributed by atoms with E-state index in [-0.39, 0.29) is 11.5 Å². The van der Waals surface area contributed by atoms with Crippen LogP contribution in [0.1, 0.15) is 57.6 Å². The van der Waals surface area contributed by atoms with E-state index in [1.165, 1.54) is 6.92 Å². The van der Waals surface area contributed by atoms with Crippen LogP contribution in [0, 0.1) is 13.8 Å². The summed E-state index contributed by atoms with van der Waals surface area (Å²) in [6.45, 7) is 6.03. The quantitative estimate of drug-likeness (QED) is 0.543. The molecule has 0 fully saturated rings. The Morgan fingerprint density at radius 3 is 2.54 bits per heavy atom. The number of Topliss-reactive ketones (excluding diaryl/α,β-unsaturated/α-hetero) is 1. The standard InChI is InChI=1S/C19H22N2O5/c1-10-17(13(4)23)11(2)20-18(10)19(25)26-9-16(24)21-15-7-5-6-14(8-15)12(3)22/h5-8,13,20,23H,9H2,1-4H3,(H,21,24)/t13-/m0/s1. The Bertz CT molecular complexity index is 852. The number of benzene rings is 1. The minimum Gasteiger partial charge on any atom is -0.451 e. The van der Waals surface area contributed by atoms with Crippen molar-refractivity contribution in [3.63, 3.8) is 0 Å². The summed E-state index contributed by atoms with van der Waals surface area (Å²) >= 11 is 0. The van der Waals surface area contributed by atoms with Gasteiger partial charge in [0, 0.05) is 22.5 Å². The van der Waals surface area contributed by atoms with Gasteiger partial charge in [-0.2, -0.15) is 0 Å². The lowest BCUT2D eigenvalue weighted by Crippen LogP contribution is -2.21. The number of aromatic nitrogens is 1. The zero-order valence-electron chi connectivity index (χ0n) is 15.2. The molecule has 2 rings (SSSR count). The van der Waals surface area contributed by atoms with Crippen LogP contribution in [0.2, 0.25) is 0 Å². The van der Waals surface area contributed by atoms with Crippen molar-refractivity contribution in [2.45, 2.75) is 33.8 Å². The maximum absolute atomic E-state index is 12.2. The third kappa shape index (κ3) is 4.37. The van der Waals surface area contributed by atoms with E-state index in [4.69, 9.17) is 4.74 Å². The van der Waals surface area contributed by atoms with Crippen LogP contribution in [0.25, 0.3) is 0 Å². The number of aryl methyl sites for hydroxylation is 1. The molecule has 0 radical (unpaired) electrons. The third-order valence-corrected chi connectivity index (χ3v) is 4.00. The van der Waals surface area contributed by atoms with Crippen LogP contribution in [0.5, 0.6) is 0 Å². The number of hydrogen-bond donors (Lipinski definition) is 3. The van der Waals surface area contributed by atoms with Gasteiger partial charge in [-0.25, -0.2) is 4.79 Å².